The summed E-state index contributed by atoms with van der Waals surface area (Å²) in [5.41, 5.74) is 7.42. The molecule has 6 heteroatoms. The summed E-state index contributed by atoms with van der Waals surface area (Å²) < 4.78 is 10.9. The number of likely N-dealkylation sites (N-methyl/N-ethyl adjacent to an activating group) is 1. The number of benzene rings is 1. The van der Waals surface area contributed by atoms with Gasteiger partial charge in [-0.25, -0.2) is 0 Å². The average Bonchev–Trinajstić information content (AvgIpc) is 2.96. The zero-order valence-electron chi connectivity index (χ0n) is 11.9. The van der Waals surface area contributed by atoms with E-state index >= 15 is 0 Å². The Hall–Kier alpha value is -2.18. The van der Waals surface area contributed by atoms with Crippen molar-refractivity contribution in [2.45, 2.75) is 6.10 Å². The summed E-state index contributed by atoms with van der Waals surface area (Å²) in [4.78, 5) is 6.55. The summed E-state index contributed by atoms with van der Waals surface area (Å²) in [5.74, 6) is 1.07. The normalized spacial score (nSPS) is 20.1. The lowest BCUT2D eigenvalue weighted by molar-refractivity contribution is -0.0264. The maximum atomic E-state index is 5.66. The first-order valence-corrected chi connectivity index (χ1v) is 6.88. The van der Waals surface area contributed by atoms with Gasteiger partial charge in [-0.1, -0.05) is 17.3 Å². The van der Waals surface area contributed by atoms with Crippen LogP contribution in [0.25, 0.3) is 12.2 Å². The maximum Gasteiger partial charge on any atom is 0.250 e. The minimum absolute atomic E-state index is 0.119. The van der Waals surface area contributed by atoms with E-state index in [9.17, 15) is 0 Å². The number of hydrogen-bond donors (Lipinski definition) is 1. The van der Waals surface area contributed by atoms with Crippen LogP contribution in [0.15, 0.2) is 28.8 Å². The fraction of sp³-hybridized carbons (Fsp3) is 0.333. The highest BCUT2D eigenvalue weighted by Crippen LogP contribution is 2.19. The van der Waals surface area contributed by atoms with Crippen LogP contribution in [0, 0.1) is 0 Å². The van der Waals surface area contributed by atoms with Crippen LogP contribution >= 0.6 is 0 Å². The lowest BCUT2D eigenvalue weighted by Crippen LogP contribution is -2.35. The number of nitrogens with two attached hydrogens (primary N) is 1. The van der Waals surface area contributed by atoms with Gasteiger partial charge in [0.1, 0.15) is 6.10 Å². The molecular weight excluding hydrogens is 268 g/mol. The van der Waals surface area contributed by atoms with Crippen molar-refractivity contribution < 1.29 is 9.26 Å². The van der Waals surface area contributed by atoms with Gasteiger partial charge in [0.15, 0.2) is 0 Å². The van der Waals surface area contributed by atoms with E-state index in [1.165, 1.54) is 0 Å². The molecule has 0 amide bonds. The number of aromatic nitrogens is 2. The molecule has 0 bridgehead atoms. The second-order valence-electron chi connectivity index (χ2n) is 5.11. The van der Waals surface area contributed by atoms with Gasteiger partial charge in [0.05, 0.1) is 6.61 Å². The SMILES string of the molecule is CN1CCOC(c2noc(/C=C/c3ccc(N)cc3)n2)C1. The molecule has 1 aliphatic heterocycles. The predicted octanol–water partition coefficient (Wildman–Crippen LogP) is 1.83. The van der Waals surface area contributed by atoms with Crippen molar-refractivity contribution >= 4 is 17.8 Å². The summed E-state index contributed by atoms with van der Waals surface area (Å²) >= 11 is 0. The van der Waals surface area contributed by atoms with Gasteiger partial charge in [0, 0.05) is 24.9 Å². The molecule has 0 saturated carbocycles. The molecule has 1 aliphatic rings. The van der Waals surface area contributed by atoms with Crippen LogP contribution in [0.4, 0.5) is 5.69 Å². The third kappa shape index (κ3) is 3.48. The van der Waals surface area contributed by atoms with Crippen molar-refractivity contribution in [3.63, 3.8) is 0 Å². The quantitative estimate of drug-likeness (QED) is 0.867. The van der Waals surface area contributed by atoms with Crippen LogP contribution in [0.5, 0.6) is 0 Å². The van der Waals surface area contributed by atoms with E-state index in [0.29, 0.717) is 18.3 Å². The number of morpholine rings is 1. The first kappa shape index (κ1) is 13.8. The Balaban J connectivity index is 1.68. The van der Waals surface area contributed by atoms with Crippen molar-refractivity contribution in [2.24, 2.45) is 0 Å². The Morgan fingerprint density at radius 3 is 2.86 bits per heavy atom. The molecule has 3 rings (SSSR count). The molecule has 1 saturated heterocycles. The summed E-state index contributed by atoms with van der Waals surface area (Å²) in [5, 5.41) is 3.99. The van der Waals surface area contributed by atoms with Gasteiger partial charge in [-0.2, -0.15) is 4.98 Å². The van der Waals surface area contributed by atoms with E-state index in [4.69, 9.17) is 15.0 Å². The molecule has 6 nitrogen and oxygen atoms in total. The molecule has 110 valence electrons. The van der Waals surface area contributed by atoms with E-state index in [0.717, 1.165) is 24.3 Å². The first-order valence-electron chi connectivity index (χ1n) is 6.88. The Morgan fingerprint density at radius 2 is 2.10 bits per heavy atom. The molecule has 1 atom stereocenters. The van der Waals surface area contributed by atoms with Crippen molar-refractivity contribution in [3.05, 3.63) is 41.5 Å². The summed E-state index contributed by atoms with van der Waals surface area (Å²) in [6, 6.07) is 7.57. The van der Waals surface area contributed by atoms with Crippen LogP contribution in [0.3, 0.4) is 0 Å². The van der Waals surface area contributed by atoms with E-state index in [1.807, 2.05) is 30.3 Å². The van der Waals surface area contributed by atoms with Crippen LogP contribution in [0.1, 0.15) is 23.4 Å². The number of nitrogen functional groups attached to an aromatic ring is 1. The largest absolute Gasteiger partial charge is 0.399 e. The van der Waals surface area contributed by atoms with Crippen LogP contribution in [0.2, 0.25) is 0 Å². The predicted molar refractivity (Wildman–Crippen MR) is 80.3 cm³/mol. The molecule has 1 fully saturated rings. The second kappa shape index (κ2) is 6.07. The molecule has 2 N–H and O–H groups in total. The monoisotopic (exact) mass is 286 g/mol. The highest BCUT2D eigenvalue weighted by Gasteiger charge is 2.23. The zero-order valence-corrected chi connectivity index (χ0v) is 11.9. The molecule has 0 spiro atoms. The molecule has 1 aromatic heterocycles. The molecule has 0 aliphatic carbocycles. The van der Waals surface area contributed by atoms with Crippen LogP contribution in [-0.4, -0.2) is 41.8 Å². The fourth-order valence-corrected chi connectivity index (χ4v) is 2.15. The topological polar surface area (TPSA) is 77.4 Å². The van der Waals surface area contributed by atoms with Crippen molar-refractivity contribution in [3.8, 4) is 0 Å². The number of anilines is 1. The minimum atomic E-state index is -0.119. The third-order valence-corrected chi connectivity index (χ3v) is 3.37. The number of ether oxygens (including phenoxy) is 1. The molecule has 21 heavy (non-hydrogen) atoms. The Bertz CT molecular complexity index is 621. The lowest BCUT2D eigenvalue weighted by atomic mass is 10.2. The number of nitrogens with zero attached hydrogens (tertiary/aromatic N) is 3. The van der Waals surface area contributed by atoms with Gasteiger partial charge in [0.25, 0.3) is 5.89 Å². The zero-order chi connectivity index (χ0) is 14.7. The first-order chi connectivity index (χ1) is 10.2. The van der Waals surface area contributed by atoms with Gasteiger partial charge in [0.2, 0.25) is 5.82 Å². The van der Waals surface area contributed by atoms with Crippen molar-refractivity contribution in [2.75, 3.05) is 32.5 Å². The molecule has 0 radical (unpaired) electrons. The van der Waals surface area contributed by atoms with E-state index in [-0.39, 0.29) is 6.10 Å². The molecule has 2 aromatic rings. The summed E-state index contributed by atoms with van der Waals surface area (Å²) in [6.45, 7) is 2.39. The standard InChI is InChI=1S/C15H18N4O2/c1-19-8-9-20-13(10-19)15-17-14(21-18-15)7-4-11-2-5-12(16)6-3-11/h2-7,13H,8-10,16H2,1H3/b7-4+. The maximum absolute atomic E-state index is 5.66. The van der Waals surface area contributed by atoms with Gasteiger partial charge < -0.3 is 19.9 Å². The molecule has 2 heterocycles. The average molecular weight is 286 g/mol. The Morgan fingerprint density at radius 1 is 1.29 bits per heavy atom. The molecule has 1 unspecified atom stereocenters. The highest BCUT2D eigenvalue weighted by molar-refractivity contribution is 5.66. The molecular formula is C15H18N4O2. The van der Waals surface area contributed by atoms with E-state index in [2.05, 4.69) is 22.1 Å². The van der Waals surface area contributed by atoms with E-state index in [1.54, 1.807) is 6.08 Å². The lowest BCUT2D eigenvalue weighted by Gasteiger charge is -2.27. The molecule has 1 aromatic carbocycles. The Labute approximate surface area is 123 Å². The Kier molecular flexibility index (Phi) is 3.98. The number of rotatable bonds is 3. The minimum Gasteiger partial charge on any atom is -0.399 e. The smallest absolute Gasteiger partial charge is 0.250 e. The summed E-state index contributed by atoms with van der Waals surface area (Å²) in [6.07, 6.45) is 3.57. The van der Waals surface area contributed by atoms with E-state index < -0.39 is 0 Å². The van der Waals surface area contributed by atoms with Gasteiger partial charge in [-0.3, -0.25) is 0 Å². The second-order valence-corrected chi connectivity index (χ2v) is 5.11. The van der Waals surface area contributed by atoms with Crippen molar-refractivity contribution in [1.29, 1.82) is 0 Å². The highest BCUT2D eigenvalue weighted by atomic mass is 16.5. The van der Waals surface area contributed by atoms with Crippen molar-refractivity contribution in [1.82, 2.24) is 15.0 Å². The van der Waals surface area contributed by atoms with Crippen LogP contribution < -0.4 is 5.73 Å². The van der Waals surface area contributed by atoms with Gasteiger partial charge in [-0.05, 0) is 30.8 Å². The van der Waals surface area contributed by atoms with Gasteiger partial charge in [-0.15, -0.1) is 0 Å². The fourth-order valence-electron chi connectivity index (χ4n) is 2.15. The summed E-state index contributed by atoms with van der Waals surface area (Å²) in [7, 11) is 2.05. The van der Waals surface area contributed by atoms with Crippen LogP contribution in [-0.2, 0) is 4.74 Å². The number of hydrogen-bond acceptors (Lipinski definition) is 6. The third-order valence-electron chi connectivity index (χ3n) is 3.37. The van der Waals surface area contributed by atoms with Gasteiger partial charge >= 0.3 is 0 Å².